The van der Waals surface area contributed by atoms with Crippen LogP contribution in [0.5, 0.6) is 0 Å². The lowest BCUT2D eigenvalue weighted by Crippen LogP contribution is -2.11. The van der Waals surface area contributed by atoms with E-state index in [1.807, 2.05) is 62.5 Å². The highest BCUT2D eigenvalue weighted by molar-refractivity contribution is 7.14. The van der Waals surface area contributed by atoms with Crippen LogP contribution in [0, 0.1) is 20.8 Å². The molecular weight excluding hydrogens is 398 g/mol. The normalized spacial score (nSPS) is 10.9. The first-order valence-electron chi connectivity index (χ1n) is 9.47. The van der Waals surface area contributed by atoms with E-state index in [9.17, 15) is 9.59 Å². The van der Waals surface area contributed by atoms with Crippen LogP contribution >= 0.6 is 11.3 Å². The summed E-state index contributed by atoms with van der Waals surface area (Å²) in [6.07, 6.45) is 0. The lowest BCUT2D eigenvalue weighted by molar-refractivity contribution is -0.114. The third-order valence-electron chi connectivity index (χ3n) is 4.91. The first-order valence-corrected chi connectivity index (χ1v) is 10.4. The Kier molecular flexibility index (Phi) is 5.13. The number of carbonyl (C=O) groups excluding carboxylic acids is 2. The Bertz CT molecular complexity index is 1270. The van der Waals surface area contributed by atoms with Gasteiger partial charge in [0.1, 0.15) is 5.58 Å². The molecule has 7 heteroatoms. The van der Waals surface area contributed by atoms with Crippen molar-refractivity contribution in [3.8, 4) is 11.3 Å². The van der Waals surface area contributed by atoms with Crippen LogP contribution < -0.4 is 10.6 Å². The molecule has 0 bridgehead atoms. The lowest BCUT2D eigenvalue weighted by atomic mass is 10.0. The Labute approximate surface area is 177 Å². The van der Waals surface area contributed by atoms with Gasteiger partial charge in [-0.25, -0.2) is 4.98 Å². The molecule has 0 aliphatic heterocycles. The number of thiazole rings is 1. The van der Waals surface area contributed by atoms with Crippen LogP contribution in [-0.4, -0.2) is 16.8 Å². The molecule has 0 radical (unpaired) electrons. The zero-order valence-corrected chi connectivity index (χ0v) is 17.9. The van der Waals surface area contributed by atoms with Gasteiger partial charge in [-0.2, -0.15) is 0 Å². The van der Waals surface area contributed by atoms with Crippen LogP contribution in [-0.2, 0) is 4.79 Å². The van der Waals surface area contributed by atoms with Gasteiger partial charge < -0.3 is 9.73 Å². The van der Waals surface area contributed by atoms with Crippen LogP contribution in [0.4, 0.5) is 10.8 Å². The van der Waals surface area contributed by atoms with Crippen molar-refractivity contribution in [2.45, 2.75) is 27.7 Å². The minimum atomic E-state index is -0.315. The molecule has 0 aliphatic carbocycles. The SMILES string of the molecule is CC(=O)Nc1ccc(-c2csc(NC(=O)c3oc4c(C)ccc(C)c4c3C)n2)cc1. The molecule has 2 heterocycles. The molecule has 2 amide bonds. The minimum Gasteiger partial charge on any atom is -0.450 e. The van der Waals surface area contributed by atoms with Crippen LogP contribution in [0.15, 0.2) is 46.2 Å². The fraction of sp³-hybridized carbons (Fsp3) is 0.174. The molecule has 2 aromatic heterocycles. The number of carbonyl (C=O) groups is 2. The molecule has 4 rings (SSSR count). The summed E-state index contributed by atoms with van der Waals surface area (Å²) in [4.78, 5) is 28.5. The Morgan fingerprint density at radius 2 is 1.67 bits per heavy atom. The topological polar surface area (TPSA) is 84.2 Å². The highest BCUT2D eigenvalue weighted by Gasteiger charge is 2.21. The number of furan rings is 1. The fourth-order valence-corrected chi connectivity index (χ4v) is 4.15. The number of benzene rings is 2. The van der Waals surface area contributed by atoms with Crippen molar-refractivity contribution < 1.29 is 14.0 Å². The monoisotopic (exact) mass is 419 g/mol. The van der Waals surface area contributed by atoms with E-state index in [1.165, 1.54) is 18.3 Å². The number of rotatable bonds is 4. The van der Waals surface area contributed by atoms with Gasteiger partial charge >= 0.3 is 0 Å². The molecule has 0 aliphatic rings. The Hall–Kier alpha value is -3.45. The van der Waals surface area contributed by atoms with Gasteiger partial charge in [0, 0.05) is 34.5 Å². The molecule has 0 saturated carbocycles. The molecule has 2 N–H and O–H groups in total. The average molecular weight is 420 g/mol. The van der Waals surface area contributed by atoms with Gasteiger partial charge in [0.05, 0.1) is 5.69 Å². The van der Waals surface area contributed by atoms with Crippen molar-refractivity contribution in [2.24, 2.45) is 0 Å². The number of fused-ring (bicyclic) bond motifs is 1. The summed E-state index contributed by atoms with van der Waals surface area (Å²) in [7, 11) is 0. The van der Waals surface area contributed by atoms with Gasteiger partial charge in [0.15, 0.2) is 10.9 Å². The van der Waals surface area contributed by atoms with Crippen molar-refractivity contribution in [2.75, 3.05) is 10.6 Å². The van der Waals surface area contributed by atoms with E-state index in [-0.39, 0.29) is 11.8 Å². The molecule has 0 unspecified atom stereocenters. The van der Waals surface area contributed by atoms with Gasteiger partial charge in [-0.3, -0.25) is 14.9 Å². The lowest BCUT2D eigenvalue weighted by Gasteiger charge is -2.03. The summed E-state index contributed by atoms with van der Waals surface area (Å²) in [5, 5.41) is 8.93. The van der Waals surface area contributed by atoms with Crippen molar-refractivity contribution in [3.63, 3.8) is 0 Å². The summed E-state index contributed by atoms with van der Waals surface area (Å²) < 4.78 is 5.91. The smallest absolute Gasteiger partial charge is 0.293 e. The summed E-state index contributed by atoms with van der Waals surface area (Å²) >= 11 is 1.35. The van der Waals surface area contributed by atoms with Gasteiger partial charge in [0.2, 0.25) is 5.91 Å². The maximum absolute atomic E-state index is 12.8. The second kappa shape index (κ2) is 7.76. The molecule has 0 spiro atoms. The van der Waals surface area contributed by atoms with E-state index in [0.29, 0.717) is 10.9 Å². The first kappa shape index (κ1) is 19.8. The van der Waals surface area contributed by atoms with Crippen LogP contribution in [0.1, 0.15) is 34.2 Å². The van der Waals surface area contributed by atoms with Crippen molar-refractivity contribution >= 4 is 44.9 Å². The van der Waals surface area contributed by atoms with E-state index in [4.69, 9.17) is 4.42 Å². The predicted molar refractivity (Wildman–Crippen MR) is 120 cm³/mol. The number of nitrogens with zero attached hydrogens (tertiary/aromatic N) is 1. The van der Waals surface area contributed by atoms with E-state index < -0.39 is 0 Å². The van der Waals surface area contributed by atoms with E-state index in [2.05, 4.69) is 15.6 Å². The van der Waals surface area contributed by atoms with Crippen LogP contribution in [0.2, 0.25) is 0 Å². The maximum Gasteiger partial charge on any atom is 0.293 e. The third kappa shape index (κ3) is 3.71. The number of amides is 2. The summed E-state index contributed by atoms with van der Waals surface area (Å²) in [6, 6.07) is 11.4. The molecular formula is C23H21N3O3S. The average Bonchev–Trinajstić information content (AvgIpc) is 3.30. The first-order chi connectivity index (χ1) is 14.3. The number of hydrogen-bond acceptors (Lipinski definition) is 5. The van der Waals surface area contributed by atoms with E-state index >= 15 is 0 Å². The zero-order valence-electron chi connectivity index (χ0n) is 17.1. The predicted octanol–water partition coefficient (Wildman–Crippen LogP) is 5.69. The maximum atomic E-state index is 12.8. The van der Waals surface area contributed by atoms with E-state index in [1.54, 1.807) is 0 Å². The summed E-state index contributed by atoms with van der Waals surface area (Å²) in [5.41, 5.74) is 6.02. The van der Waals surface area contributed by atoms with E-state index in [0.717, 1.165) is 44.6 Å². The Balaban J connectivity index is 1.55. The van der Waals surface area contributed by atoms with Crippen molar-refractivity contribution in [1.82, 2.24) is 4.98 Å². The largest absolute Gasteiger partial charge is 0.450 e. The fourth-order valence-electron chi connectivity index (χ4n) is 3.44. The van der Waals surface area contributed by atoms with Crippen LogP contribution in [0.25, 0.3) is 22.2 Å². The van der Waals surface area contributed by atoms with Crippen molar-refractivity contribution in [3.05, 3.63) is 64.2 Å². The summed E-state index contributed by atoms with van der Waals surface area (Å²) in [6.45, 7) is 7.35. The number of nitrogens with one attached hydrogen (secondary N) is 2. The Morgan fingerprint density at radius 1 is 0.967 bits per heavy atom. The summed E-state index contributed by atoms with van der Waals surface area (Å²) in [5.74, 6) is -0.129. The molecule has 152 valence electrons. The molecule has 4 aromatic rings. The molecule has 2 aromatic carbocycles. The van der Waals surface area contributed by atoms with Crippen molar-refractivity contribution in [1.29, 1.82) is 0 Å². The van der Waals surface area contributed by atoms with Gasteiger partial charge in [-0.05, 0) is 44.0 Å². The number of hydrogen-bond donors (Lipinski definition) is 2. The van der Waals surface area contributed by atoms with Gasteiger partial charge in [-0.15, -0.1) is 11.3 Å². The number of aromatic nitrogens is 1. The standard InChI is InChI=1S/C23H21N3O3S/c1-12-5-6-13(2)20-19(12)14(3)21(29-20)22(28)26-23-25-18(11-30-23)16-7-9-17(10-8-16)24-15(4)27/h5-11H,1-4H3,(H,24,27)(H,25,26,28). The highest BCUT2D eigenvalue weighted by atomic mass is 32.1. The van der Waals surface area contributed by atoms with Gasteiger partial charge in [-0.1, -0.05) is 24.3 Å². The van der Waals surface area contributed by atoms with Gasteiger partial charge in [0.25, 0.3) is 5.91 Å². The minimum absolute atomic E-state index is 0.118. The molecule has 0 saturated heterocycles. The zero-order chi connectivity index (χ0) is 21.4. The molecule has 0 atom stereocenters. The molecule has 30 heavy (non-hydrogen) atoms. The number of aryl methyl sites for hydroxylation is 3. The Morgan fingerprint density at radius 3 is 2.33 bits per heavy atom. The number of anilines is 2. The second-order valence-corrected chi connectivity index (χ2v) is 8.07. The molecule has 0 fully saturated rings. The third-order valence-corrected chi connectivity index (χ3v) is 5.67. The van der Waals surface area contributed by atoms with Crippen LogP contribution in [0.3, 0.4) is 0 Å². The highest BCUT2D eigenvalue weighted by Crippen LogP contribution is 2.32. The second-order valence-electron chi connectivity index (χ2n) is 7.21. The quantitative estimate of drug-likeness (QED) is 0.445. The molecule has 6 nitrogen and oxygen atoms in total.